The number of rotatable bonds is 8. The molecule has 0 saturated carbocycles. The first-order valence-electron chi connectivity index (χ1n) is 12.8. The molecule has 4 aromatic rings. The molecule has 0 bridgehead atoms. The van der Waals surface area contributed by atoms with Crippen LogP contribution in [0.1, 0.15) is 29.1 Å². The lowest BCUT2D eigenvalue weighted by molar-refractivity contribution is -0.177. The molecule has 2 aliphatic rings. The second kappa shape index (κ2) is 11.3. The summed E-state index contributed by atoms with van der Waals surface area (Å²) >= 11 is 0. The molecule has 3 N–H and O–H groups in total. The number of pyridine rings is 1. The molecule has 210 valence electrons. The van der Waals surface area contributed by atoms with Gasteiger partial charge in [0.1, 0.15) is 18.0 Å². The van der Waals surface area contributed by atoms with Gasteiger partial charge in [0.25, 0.3) is 0 Å². The molecule has 5 atom stereocenters. The minimum atomic E-state index is -1.20. The number of benzene rings is 1. The van der Waals surface area contributed by atoms with E-state index < -0.39 is 43.0 Å². The summed E-state index contributed by atoms with van der Waals surface area (Å²) in [6.07, 6.45) is 3.73. The fourth-order valence-corrected chi connectivity index (χ4v) is 4.60. The van der Waals surface area contributed by atoms with E-state index in [1.807, 2.05) is 36.4 Å². The summed E-state index contributed by atoms with van der Waals surface area (Å²) in [5, 5.41) is 14.9. The first-order chi connectivity index (χ1) is 20.0. The molecule has 14 heteroatoms. The summed E-state index contributed by atoms with van der Waals surface area (Å²) in [6.45, 7) is 2.23. The van der Waals surface area contributed by atoms with Crippen molar-refractivity contribution in [1.82, 2.24) is 29.8 Å². The van der Waals surface area contributed by atoms with Crippen molar-refractivity contribution in [3.8, 4) is 5.88 Å². The van der Waals surface area contributed by atoms with Crippen molar-refractivity contribution in [3.63, 3.8) is 0 Å². The number of ether oxygens (including phenoxy) is 4. The van der Waals surface area contributed by atoms with Crippen LogP contribution in [0.25, 0.3) is 17.2 Å². The van der Waals surface area contributed by atoms with Gasteiger partial charge in [-0.1, -0.05) is 36.4 Å². The van der Waals surface area contributed by atoms with E-state index in [-0.39, 0.29) is 17.3 Å². The van der Waals surface area contributed by atoms with Crippen molar-refractivity contribution in [2.24, 2.45) is 0 Å². The molecule has 6 rings (SSSR count). The van der Waals surface area contributed by atoms with Gasteiger partial charge in [0.05, 0.1) is 6.33 Å². The number of aromatic nitrogens is 5. The number of nitrogens with zero attached hydrogens (tertiary/aromatic N) is 5. The molecule has 5 heterocycles. The molecule has 0 radical (unpaired) electrons. The van der Waals surface area contributed by atoms with E-state index in [1.54, 1.807) is 17.6 Å². The van der Waals surface area contributed by atoms with Crippen LogP contribution in [0.2, 0.25) is 0 Å². The Morgan fingerprint density at radius 2 is 1.88 bits per heavy atom. The zero-order valence-electron chi connectivity index (χ0n) is 21.7. The number of aromatic carboxylic acids is 1. The number of fused-ring (bicyclic) bond motifs is 2. The van der Waals surface area contributed by atoms with Gasteiger partial charge in [-0.15, -0.1) is 0 Å². The highest BCUT2D eigenvalue weighted by molar-refractivity contribution is 5.95. The summed E-state index contributed by atoms with van der Waals surface area (Å²) in [7, 11) is 0. The summed E-state index contributed by atoms with van der Waals surface area (Å²) in [6, 6.07) is 12.1. The van der Waals surface area contributed by atoms with Gasteiger partial charge in [-0.25, -0.2) is 29.5 Å². The van der Waals surface area contributed by atoms with Gasteiger partial charge in [0, 0.05) is 12.7 Å². The van der Waals surface area contributed by atoms with E-state index in [1.165, 1.54) is 31.0 Å². The number of carbonyl (C=O) groups is 2. The fourth-order valence-electron chi connectivity index (χ4n) is 4.60. The van der Waals surface area contributed by atoms with Crippen LogP contribution in [0.5, 0.6) is 5.88 Å². The van der Waals surface area contributed by atoms with Crippen LogP contribution < -0.4 is 15.4 Å². The number of amides is 2. The van der Waals surface area contributed by atoms with E-state index >= 15 is 0 Å². The zero-order valence-corrected chi connectivity index (χ0v) is 21.7. The number of carboxylic acids is 1. The summed E-state index contributed by atoms with van der Waals surface area (Å²) in [5.74, 6) is -1.10. The molecule has 4 unspecified atom stereocenters. The molecule has 2 saturated heterocycles. The van der Waals surface area contributed by atoms with Crippen LogP contribution in [0.4, 0.5) is 10.6 Å². The minimum Gasteiger partial charge on any atom is -0.477 e. The first-order valence-corrected chi connectivity index (χ1v) is 12.8. The summed E-state index contributed by atoms with van der Waals surface area (Å²) in [5.41, 5.74) is 1.53. The Morgan fingerprint density at radius 1 is 1.05 bits per heavy atom. The third-order valence-corrected chi connectivity index (χ3v) is 6.41. The lowest BCUT2D eigenvalue weighted by Gasteiger charge is -2.21. The largest absolute Gasteiger partial charge is 0.477 e. The lowest BCUT2D eigenvalue weighted by atomic mass is 10.2. The van der Waals surface area contributed by atoms with Gasteiger partial charge < -0.3 is 29.4 Å². The number of anilines is 1. The van der Waals surface area contributed by atoms with Crippen LogP contribution in [-0.2, 0) is 14.2 Å². The highest BCUT2D eigenvalue weighted by Gasteiger charge is 2.55. The molecule has 2 aliphatic heterocycles. The van der Waals surface area contributed by atoms with Gasteiger partial charge >= 0.3 is 12.0 Å². The van der Waals surface area contributed by atoms with E-state index in [2.05, 4.69) is 30.6 Å². The van der Waals surface area contributed by atoms with Crippen molar-refractivity contribution in [1.29, 1.82) is 0 Å². The maximum absolute atomic E-state index is 12.1. The fraction of sp³-hybridized carbons (Fsp3) is 0.259. The monoisotopic (exact) mass is 559 g/mol. The molecular weight excluding hydrogens is 534 g/mol. The zero-order chi connectivity index (χ0) is 28.3. The molecule has 2 amide bonds. The minimum absolute atomic E-state index is 0.123. The standard InChI is InChI=1S/C27H25N7O7/c1-2-28-27(37)33-21-18-22(31-13-30-21)34(14-32-18)24-19-20(39-17(38-19)11-10-15-7-4-3-5-8-15)26(41-24)40-23-16(25(35)36)9-6-12-29-23/h3-14,17,19-20,24,26H,2H2,1H3,(H,35,36)(H2,28,30,31,33,37)/t17-,19?,20?,24?,26?/m1/s1. The van der Waals surface area contributed by atoms with Gasteiger partial charge in [0.15, 0.2) is 35.6 Å². The lowest BCUT2D eigenvalue weighted by Crippen LogP contribution is -2.33. The van der Waals surface area contributed by atoms with Crippen LogP contribution in [0, 0.1) is 0 Å². The van der Waals surface area contributed by atoms with Crippen LogP contribution in [0.15, 0.2) is 67.4 Å². The molecule has 14 nitrogen and oxygen atoms in total. The number of hydrogen-bond donors (Lipinski definition) is 3. The van der Waals surface area contributed by atoms with E-state index in [0.717, 1.165) is 5.56 Å². The number of imidazole rings is 1. The van der Waals surface area contributed by atoms with Gasteiger partial charge in [-0.2, -0.15) is 0 Å². The van der Waals surface area contributed by atoms with Crippen LogP contribution in [0.3, 0.4) is 0 Å². The normalized spacial score (nSPS) is 23.5. The second-order valence-electron chi connectivity index (χ2n) is 9.04. The molecule has 0 aliphatic carbocycles. The number of hydrogen-bond acceptors (Lipinski definition) is 10. The number of nitrogens with one attached hydrogen (secondary N) is 2. The topological polar surface area (TPSA) is 172 Å². The predicted molar refractivity (Wildman–Crippen MR) is 143 cm³/mol. The molecule has 3 aromatic heterocycles. The maximum Gasteiger partial charge on any atom is 0.341 e. The van der Waals surface area contributed by atoms with E-state index in [9.17, 15) is 14.7 Å². The Kier molecular flexibility index (Phi) is 7.24. The Balaban J connectivity index is 1.32. The third-order valence-electron chi connectivity index (χ3n) is 6.41. The molecule has 2 fully saturated rings. The van der Waals surface area contributed by atoms with E-state index in [0.29, 0.717) is 17.7 Å². The number of urea groups is 1. The van der Waals surface area contributed by atoms with Crippen molar-refractivity contribution in [2.75, 3.05) is 11.9 Å². The molecule has 0 spiro atoms. The summed E-state index contributed by atoms with van der Waals surface area (Å²) in [4.78, 5) is 40.9. The molecular formula is C27H25N7O7. The Bertz CT molecular complexity index is 1600. The molecule has 1 aromatic carbocycles. The van der Waals surface area contributed by atoms with Gasteiger partial charge in [-0.3, -0.25) is 9.88 Å². The van der Waals surface area contributed by atoms with Crippen molar-refractivity contribution in [2.45, 2.75) is 37.9 Å². The van der Waals surface area contributed by atoms with Gasteiger partial charge in [0.2, 0.25) is 12.2 Å². The van der Waals surface area contributed by atoms with Crippen molar-refractivity contribution >= 4 is 35.1 Å². The Hall–Kier alpha value is -4.92. The maximum atomic E-state index is 12.1. The van der Waals surface area contributed by atoms with Crippen LogP contribution >= 0.6 is 0 Å². The Morgan fingerprint density at radius 3 is 2.68 bits per heavy atom. The SMILES string of the molecule is CCNC(=O)Nc1ncnc2c1ncn2C1OC(Oc2ncccc2C(=O)O)C2O[C@H](C=Cc3ccccc3)OC21. The van der Waals surface area contributed by atoms with Crippen molar-refractivity contribution in [3.05, 3.63) is 78.5 Å². The van der Waals surface area contributed by atoms with Crippen LogP contribution in [-0.4, -0.2) is 72.9 Å². The second-order valence-corrected chi connectivity index (χ2v) is 9.04. The molecule has 41 heavy (non-hydrogen) atoms. The average Bonchev–Trinajstić information content (AvgIpc) is 3.68. The van der Waals surface area contributed by atoms with E-state index in [4.69, 9.17) is 18.9 Å². The van der Waals surface area contributed by atoms with Gasteiger partial charge in [-0.05, 0) is 30.7 Å². The Labute approximate surface area is 233 Å². The first kappa shape index (κ1) is 26.3. The smallest absolute Gasteiger partial charge is 0.341 e. The highest BCUT2D eigenvalue weighted by Crippen LogP contribution is 2.41. The predicted octanol–water partition coefficient (Wildman–Crippen LogP) is 2.82. The number of carbonyl (C=O) groups excluding carboxylic acids is 1. The quantitative estimate of drug-likeness (QED) is 0.290. The highest BCUT2D eigenvalue weighted by atomic mass is 16.8. The number of carboxylic acid groups (broad SMARTS) is 1. The average molecular weight is 560 g/mol. The summed E-state index contributed by atoms with van der Waals surface area (Å²) < 4.78 is 26.2. The van der Waals surface area contributed by atoms with Crippen molar-refractivity contribution < 1.29 is 33.6 Å². The third kappa shape index (κ3) is 5.30.